The lowest BCUT2D eigenvalue weighted by molar-refractivity contribution is -0.118. The zero-order valence-electron chi connectivity index (χ0n) is 13.1. The van der Waals surface area contributed by atoms with Gasteiger partial charge in [0.15, 0.2) is 0 Å². The highest BCUT2D eigenvalue weighted by molar-refractivity contribution is 14.1. The molecule has 0 atom stereocenters. The number of carbonyl (C=O) groups is 2. The smallest absolute Gasteiger partial charge is 0.252 e. The Hall–Kier alpha value is -1.89. The largest absolute Gasteiger partial charge is 0.348 e. The monoisotopic (exact) mass is 422 g/mol. The summed E-state index contributed by atoms with van der Waals surface area (Å²) in [6, 6.07) is 14.9. The van der Waals surface area contributed by atoms with Crippen LogP contribution in [0.5, 0.6) is 0 Å². The van der Waals surface area contributed by atoms with E-state index in [4.69, 9.17) is 0 Å². The van der Waals surface area contributed by atoms with E-state index >= 15 is 0 Å². The number of benzene rings is 2. The van der Waals surface area contributed by atoms with Gasteiger partial charge in [0.2, 0.25) is 5.91 Å². The van der Waals surface area contributed by atoms with Crippen LogP contribution in [0.2, 0.25) is 0 Å². The minimum absolute atomic E-state index is 0.0231. The van der Waals surface area contributed by atoms with Crippen LogP contribution in [0.1, 0.15) is 29.8 Å². The van der Waals surface area contributed by atoms with E-state index < -0.39 is 0 Å². The summed E-state index contributed by atoms with van der Waals surface area (Å²) < 4.78 is 0.917. The molecule has 0 saturated carbocycles. The number of anilines is 1. The van der Waals surface area contributed by atoms with Gasteiger partial charge in [0.1, 0.15) is 0 Å². The molecule has 0 spiro atoms. The fourth-order valence-electron chi connectivity index (χ4n) is 1.97. The minimum atomic E-state index is -0.105. The number of rotatable bonds is 5. The van der Waals surface area contributed by atoms with Gasteiger partial charge in [0, 0.05) is 21.7 Å². The van der Waals surface area contributed by atoms with Crippen molar-refractivity contribution in [3.63, 3.8) is 0 Å². The SMILES string of the molecule is CC(C)C(=O)Nc1cccc(CNC(=O)c2ccccc2I)c1. The second-order valence-corrected chi connectivity index (χ2v) is 6.67. The summed E-state index contributed by atoms with van der Waals surface area (Å²) in [4.78, 5) is 23.9. The summed E-state index contributed by atoms with van der Waals surface area (Å²) in [5.74, 6) is -0.199. The molecular weight excluding hydrogens is 403 g/mol. The van der Waals surface area contributed by atoms with Gasteiger partial charge in [0.25, 0.3) is 5.91 Å². The quantitative estimate of drug-likeness (QED) is 0.720. The first kappa shape index (κ1) is 17.5. The summed E-state index contributed by atoms with van der Waals surface area (Å²) in [7, 11) is 0. The first-order valence-corrected chi connectivity index (χ1v) is 8.48. The number of hydrogen-bond donors (Lipinski definition) is 2. The van der Waals surface area contributed by atoms with Gasteiger partial charge in [-0.1, -0.05) is 38.1 Å². The Balaban J connectivity index is 2.00. The van der Waals surface area contributed by atoms with Crippen molar-refractivity contribution in [2.24, 2.45) is 5.92 Å². The van der Waals surface area contributed by atoms with Crippen molar-refractivity contribution >= 4 is 40.1 Å². The highest BCUT2D eigenvalue weighted by Gasteiger charge is 2.10. The van der Waals surface area contributed by atoms with Gasteiger partial charge in [-0.3, -0.25) is 9.59 Å². The van der Waals surface area contributed by atoms with Crippen LogP contribution < -0.4 is 10.6 Å². The molecule has 23 heavy (non-hydrogen) atoms. The summed E-state index contributed by atoms with van der Waals surface area (Å²) in [5.41, 5.74) is 2.34. The van der Waals surface area contributed by atoms with Crippen molar-refractivity contribution in [1.82, 2.24) is 5.32 Å². The molecule has 0 aliphatic carbocycles. The molecule has 2 amide bonds. The first-order valence-electron chi connectivity index (χ1n) is 7.40. The first-order chi connectivity index (χ1) is 11.0. The average molecular weight is 422 g/mol. The minimum Gasteiger partial charge on any atom is -0.348 e. The number of carbonyl (C=O) groups excluding carboxylic acids is 2. The fraction of sp³-hybridized carbons (Fsp3) is 0.222. The van der Waals surface area contributed by atoms with Crippen molar-refractivity contribution in [3.05, 3.63) is 63.2 Å². The number of nitrogens with one attached hydrogen (secondary N) is 2. The molecular formula is C18H19IN2O2. The second-order valence-electron chi connectivity index (χ2n) is 5.51. The van der Waals surface area contributed by atoms with Gasteiger partial charge in [0.05, 0.1) is 5.56 Å². The lowest BCUT2D eigenvalue weighted by Gasteiger charge is -2.10. The molecule has 0 bridgehead atoms. The summed E-state index contributed by atoms with van der Waals surface area (Å²) >= 11 is 2.15. The zero-order valence-corrected chi connectivity index (χ0v) is 15.3. The standard InChI is InChI=1S/C18H19IN2O2/c1-12(2)17(22)21-14-7-5-6-13(10-14)11-20-18(23)15-8-3-4-9-16(15)19/h3-10,12H,11H2,1-2H3,(H,20,23)(H,21,22). The van der Waals surface area contributed by atoms with Crippen molar-refractivity contribution in [1.29, 1.82) is 0 Å². The molecule has 120 valence electrons. The third kappa shape index (κ3) is 5.06. The van der Waals surface area contributed by atoms with Crippen LogP contribution in [-0.4, -0.2) is 11.8 Å². The molecule has 2 N–H and O–H groups in total. The van der Waals surface area contributed by atoms with E-state index in [1.54, 1.807) is 6.07 Å². The fourth-order valence-corrected chi connectivity index (χ4v) is 2.60. The number of amides is 2. The molecule has 0 aliphatic rings. The molecule has 0 unspecified atom stereocenters. The second kappa shape index (κ2) is 8.10. The van der Waals surface area contributed by atoms with Crippen LogP contribution in [0.15, 0.2) is 48.5 Å². The van der Waals surface area contributed by atoms with Crippen molar-refractivity contribution in [2.45, 2.75) is 20.4 Å². The maximum absolute atomic E-state index is 12.2. The summed E-state index contributed by atoms with van der Waals surface area (Å²) in [5, 5.41) is 5.76. The number of halogens is 1. The van der Waals surface area contributed by atoms with E-state index in [-0.39, 0.29) is 17.7 Å². The molecule has 0 aromatic heterocycles. The molecule has 5 heteroatoms. The molecule has 0 fully saturated rings. The van der Waals surface area contributed by atoms with Crippen LogP contribution in [0.25, 0.3) is 0 Å². The highest BCUT2D eigenvalue weighted by atomic mass is 127. The molecule has 2 aromatic rings. The predicted octanol–water partition coefficient (Wildman–Crippen LogP) is 3.82. The van der Waals surface area contributed by atoms with Gasteiger partial charge in [-0.05, 0) is 52.4 Å². The normalized spacial score (nSPS) is 10.4. The van der Waals surface area contributed by atoms with Crippen molar-refractivity contribution < 1.29 is 9.59 Å². The van der Waals surface area contributed by atoms with Crippen LogP contribution in [0.4, 0.5) is 5.69 Å². The molecule has 0 radical (unpaired) electrons. The van der Waals surface area contributed by atoms with E-state index in [0.717, 1.165) is 14.8 Å². The molecule has 4 nitrogen and oxygen atoms in total. The van der Waals surface area contributed by atoms with Crippen molar-refractivity contribution in [3.8, 4) is 0 Å². The van der Waals surface area contributed by atoms with Crippen LogP contribution in [0.3, 0.4) is 0 Å². The average Bonchev–Trinajstić information content (AvgIpc) is 2.53. The van der Waals surface area contributed by atoms with Gasteiger partial charge < -0.3 is 10.6 Å². The maximum Gasteiger partial charge on any atom is 0.252 e. The van der Waals surface area contributed by atoms with Gasteiger partial charge >= 0.3 is 0 Å². The molecule has 2 rings (SSSR count). The Morgan fingerprint density at radius 2 is 1.83 bits per heavy atom. The Bertz CT molecular complexity index is 714. The molecule has 0 heterocycles. The molecule has 2 aromatic carbocycles. The highest BCUT2D eigenvalue weighted by Crippen LogP contribution is 2.14. The Kier molecular flexibility index (Phi) is 6.15. The maximum atomic E-state index is 12.2. The molecule has 0 saturated heterocycles. The lowest BCUT2D eigenvalue weighted by atomic mass is 10.1. The topological polar surface area (TPSA) is 58.2 Å². The van der Waals surface area contributed by atoms with E-state index in [1.165, 1.54) is 0 Å². The number of hydrogen-bond acceptors (Lipinski definition) is 2. The third-order valence-electron chi connectivity index (χ3n) is 3.29. The summed E-state index contributed by atoms with van der Waals surface area (Å²) in [6.45, 7) is 4.11. The lowest BCUT2D eigenvalue weighted by Crippen LogP contribution is -2.23. The van der Waals surface area contributed by atoms with Crippen LogP contribution in [-0.2, 0) is 11.3 Å². The third-order valence-corrected chi connectivity index (χ3v) is 4.23. The predicted molar refractivity (Wildman–Crippen MR) is 100 cm³/mol. The van der Waals surface area contributed by atoms with Crippen LogP contribution >= 0.6 is 22.6 Å². The Morgan fingerprint density at radius 1 is 1.09 bits per heavy atom. The van der Waals surface area contributed by atoms with Gasteiger partial charge in [-0.25, -0.2) is 0 Å². The zero-order chi connectivity index (χ0) is 16.8. The van der Waals surface area contributed by atoms with Crippen molar-refractivity contribution in [2.75, 3.05) is 5.32 Å². The van der Waals surface area contributed by atoms with E-state index in [9.17, 15) is 9.59 Å². The van der Waals surface area contributed by atoms with E-state index in [1.807, 2.05) is 56.3 Å². The Morgan fingerprint density at radius 3 is 2.52 bits per heavy atom. The Labute approximate surface area is 149 Å². The van der Waals surface area contributed by atoms with Gasteiger partial charge in [-0.15, -0.1) is 0 Å². The van der Waals surface area contributed by atoms with E-state index in [0.29, 0.717) is 12.1 Å². The van der Waals surface area contributed by atoms with E-state index in [2.05, 4.69) is 33.2 Å². The molecule has 0 aliphatic heterocycles. The summed E-state index contributed by atoms with van der Waals surface area (Å²) in [6.07, 6.45) is 0. The van der Waals surface area contributed by atoms with Crippen LogP contribution in [0, 0.1) is 9.49 Å². The van der Waals surface area contributed by atoms with Gasteiger partial charge in [-0.2, -0.15) is 0 Å².